The first kappa shape index (κ1) is 16.7. The molecule has 0 atom stereocenters. The topological polar surface area (TPSA) is 37.2 Å². The molecule has 0 spiro atoms. The molecule has 25 heavy (non-hydrogen) atoms. The first-order valence-electron chi connectivity index (χ1n) is 9.34. The van der Waals surface area contributed by atoms with E-state index in [-0.39, 0.29) is 5.82 Å². The molecule has 6 heteroatoms. The molecule has 0 N–H and O–H groups in total. The highest BCUT2D eigenvalue weighted by Crippen LogP contribution is 2.38. The average molecular weight is 343 g/mol. The molecule has 134 valence electrons. The van der Waals surface area contributed by atoms with Gasteiger partial charge in [0.2, 0.25) is 0 Å². The van der Waals surface area contributed by atoms with Crippen molar-refractivity contribution in [1.82, 2.24) is 24.6 Å². The van der Waals surface area contributed by atoms with Gasteiger partial charge < -0.3 is 4.90 Å². The summed E-state index contributed by atoms with van der Waals surface area (Å²) in [6.45, 7) is 9.25. The van der Waals surface area contributed by atoms with Crippen LogP contribution in [0.4, 0.5) is 4.39 Å². The van der Waals surface area contributed by atoms with Crippen LogP contribution in [0.3, 0.4) is 0 Å². The van der Waals surface area contributed by atoms with Gasteiger partial charge in [-0.2, -0.15) is 5.10 Å². The molecule has 0 unspecified atom stereocenters. The van der Waals surface area contributed by atoms with Gasteiger partial charge in [0.15, 0.2) is 5.82 Å². The van der Waals surface area contributed by atoms with Gasteiger partial charge in [0.05, 0.1) is 13.1 Å². The summed E-state index contributed by atoms with van der Waals surface area (Å²) in [6, 6.07) is 6.69. The zero-order valence-corrected chi connectivity index (χ0v) is 14.9. The number of halogens is 1. The second-order valence-corrected chi connectivity index (χ2v) is 7.16. The van der Waals surface area contributed by atoms with Crippen LogP contribution in [-0.4, -0.2) is 57.3 Å². The van der Waals surface area contributed by atoms with Crippen LogP contribution < -0.4 is 0 Å². The number of nitrogens with zero attached hydrogens (tertiary/aromatic N) is 5. The molecular formula is C19H26FN5. The predicted octanol–water partition coefficient (Wildman–Crippen LogP) is 2.48. The van der Waals surface area contributed by atoms with E-state index in [0.29, 0.717) is 12.5 Å². The first-order chi connectivity index (χ1) is 12.2. The molecule has 1 saturated carbocycles. The third-order valence-electron chi connectivity index (χ3n) is 5.23. The minimum atomic E-state index is -0.199. The number of benzene rings is 1. The van der Waals surface area contributed by atoms with Crippen molar-refractivity contribution in [2.45, 2.75) is 38.8 Å². The predicted molar refractivity (Wildman–Crippen MR) is 94.9 cm³/mol. The molecule has 0 bridgehead atoms. The third kappa shape index (κ3) is 4.07. The zero-order chi connectivity index (χ0) is 17.2. The Balaban J connectivity index is 1.49. The minimum absolute atomic E-state index is 0.199. The van der Waals surface area contributed by atoms with E-state index in [1.807, 2.05) is 16.8 Å². The van der Waals surface area contributed by atoms with Crippen molar-refractivity contribution in [3.8, 4) is 0 Å². The van der Waals surface area contributed by atoms with E-state index < -0.39 is 0 Å². The largest absolute Gasteiger partial charge is 0.301 e. The van der Waals surface area contributed by atoms with Gasteiger partial charge in [-0.3, -0.25) is 4.90 Å². The van der Waals surface area contributed by atoms with E-state index in [1.54, 1.807) is 0 Å². The van der Waals surface area contributed by atoms with Crippen LogP contribution in [-0.2, 0) is 13.1 Å². The lowest BCUT2D eigenvalue weighted by molar-refractivity contribution is 0.128. The maximum absolute atomic E-state index is 13.1. The highest BCUT2D eigenvalue weighted by Gasteiger charge is 2.29. The van der Waals surface area contributed by atoms with Crippen LogP contribution in [0.15, 0.2) is 24.3 Å². The third-order valence-corrected chi connectivity index (χ3v) is 5.23. The molecule has 0 radical (unpaired) electrons. The van der Waals surface area contributed by atoms with E-state index in [1.165, 1.54) is 25.0 Å². The summed E-state index contributed by atoms with van der Waals surface area (Å²) in [7, 11) is 0. The molecule has 1 saturated heterocycles. The number of hydrogen-bond acceptors (Lipinski definition) is 4. The maximum atomic E-state index is 13.1. The normalized spacial score (nSPS) is 19.4. The van der Waals surface area contributed by atoms with Crippen molar-refractivity contribution < 1.29 is 4.39 Å². The lowest BCUT2D eigenvalue weighted by atomic mass is 10.2. The van der Waals surface area contributed by atoms with Gasteiger partial charge in [-0.15, -0.1) is 0 Å². The van der Waals surface area contributed by atoms with E-state index in [2.05, 4.69) is 16.7 Å². The van der Waals surface area contributed by atoms with Gasteiger partial charge >= 0.3 is 0 Å². The second-order valence-electron chi connectivity index (χ2n) is 7.16. The standard InChI is InChI=1S/C19H26FN5/c1-2-23-9-11-24(12-10-23)14-18-21-19(16-5-6-16)22-25(18)13-15-3-7-17(20)8-4-15/h3-4,7-8,16H,2,5-6,9-14H2,1H3. The van der Waals surface area contributed by atoms with Crippen LogP contribution in [0.5, 0.6) is 0 Å². The van der Waals surface area contributed by atoms with Crippen molar-refractivity contribution >= 4 is 0 Å². The van der Waals surface area contributed by atoms with Gasteiger partial charge in [-0.25, -0.2) is 14.1 Å². The Bertz CT molecular complexity index is 699. The minimum Gasteiger partial charge on any atom is -0.301 e. The van der Waals surface area contributed by atoms with Crippen molar-refractivity contribution in [3.63, 3.8) is 0 Å². The maximum Gasteiger partial charge on any atom is 0.154 e. The van der Waals surface area contributed by atoms with Gasteiger partial charge in [-0.1, -0.05) is 19.1 Å². The van der Waals surface area contributed by atoms with Crippen LogP contribution in [0, 0.1) is 5.82 Å². The van der Waals surface area contributed by atoms with Crippen molar-refractivity contribution in [1.29, 1.82) is 0 Å². The Labute approximate surface area is 148 Å². The quantitative estimate of drug-likeness (QED) is 0.808. The second kappa shape index (κ2) is 7.22. The fraction of sp³-hybridized carbons (Fsp3) is 0.579. The Kier molecular flexibility index (Phi) is 4.81. The molecule has 5 nitrogen and oxygen atoms in total. The summed E-state index contributed by atoms with van der Waals surface area (Å²) in [5.74, 6) is 2.38. The molecule has 1 aromatic carbocycles. The van der Waals surface area contributed by atoms with E-state index in [0.717, 1.165) is 56.5 Å². The molecule has 2 aliphatic rings. The summed E-state index contributed by atoms with van der Waals surface area (Å²) < 4.78 is 15.2. The number of likely N-dealkylation sites (N-methyl/N-ethyl adjacent to an activating group) is 1. The Morgan fingerprint density at radius 2 is 1.68 bits per heavy atom. The van der Waals surface area contributed by atoms with E-state index in [9.17, 15) is 4.39 Å². The number of rotatable bonds is 6. The number of hydrogen-bond donors (Lipinski definition) is 0. The highest BCUT2D eigenvalue weighted by atomic mass is 19.1. The molecule has 0 amide bonds. The summed E-state index contributed by atoms with van der Waals surface area (Å²) in [6.07, 6.45) is 2.41. The molecule has 2 heterocycles. The first-order valence-corrected chi connectivity index (χ1v) is 9.34. The zero-order valence-electron chi connectivity index (χ0n) is 14.9. The van der Waals surface area contributed by atoms with Crippen LogP contribution in [0.1, 0.15) is 42.9 Å². The summed E-state index contributed by atoms with van der Waals surface area (Å²) in [4.78, 5) is 9.79. The molecular weight excluding hydrogens is 317 g/mol. The SMILES string of the molecule is CCN1CCN(Cc2nc(C3CC3)nn2Cc2ccc(F)cc2)CC1. The Morgan fingerprint density at radius 1 is 1.00 bits per heavy atom. The average Bonchev–Trinajstić information content (AvgIpc) is 3.41. The highest BCUT2D eigenvalue weighted by molar-refractivity contribution is 5.17. The Hall–Kier alpha value is -1.79. The fourth-order valence-corrected chi connectivity index (χ4v) is 3.38. The van der Waals surface area contributed by atoms with Gasteiger partial charge in [0.25, 0.3) is 0 Å². The summed E-state index contributed by atoms with van der Waals surface area (Å²) >= 11 is 0. The molecule has 2 fully saturated rings. The van der Waals surface area contributed by atoms with E-state index >= 15 is 0 Å². The lowest BCUT2D eigenvalue weighted by Gasteiger charge is -2.33. The van der Waals surface area contributed by atoms with Crippen molar-refractivity contribution in [2.24, 2.45) is 0 Å². The smallest absolute Gasteiger partial charge is 0.154 e. The van der Waals surface area contributed by atoms with Gasteiger partial charge in [0, 0.05) is 32.1 Å². The molecule has 2 aromatic rings. The van der Waals surface area contributed by atoms with Gasteiger partial charge in [0.1, 0.15) is 11.6 Å². The molecule has 1 aromatic heterocycles. The van der Waals surface area contributed by atoms with E-state index in [4.69, 9.17) is 10.1 Å². The summed E-state index contributed by atoms with van der Waals surface area (Å²) in [5, 5.41) is 4.76. The van der Waals surface area contributed by atoms with Gasteiger partial charge in [-0.05, 0) is 37.1 Å². The van der Waals surface area contributed by atoms with Crippen molar-refractivity contribution in [2.75, 3.05) is 32.7 Å². The monoisotopic (exact) mass is 343 g/mol. The molecule has 4 rings (SSSR count). The van der Waals surface area contributed by atoms with Crippen LogP contribution >= 0.6 is 0 Å². The fourth-order valence-electron chi connectivity index (χ4n) is 3.38. The van der Waals surface area contributed by atoms with Crippen LogP contribution in [0.2, 0.25) is 0 Å². The number of aromatic nitrogens is 3. The number of piperazine rings is 1. The summed E-state index contributed by atoms with van der Waals surface area (Å²) in [5.41, 5.74) is 1.06. The van der Waals surface area contributed by atoms with Crippen molar-refractivity contribution in [3.05, 3.63) is 47.3 Å². The van der Waals surface area contributed by atoms with Crippen LogP contribution in [0.25, 0.3) is 0 Å². The molecule has 1 aliphatic heterocycles. The molecule has 1 aliphatic carbocycles. The Morgan fingerprint density at radius 3 is 2.32 bits per heavy atom. The lowest BCUT2D eigenvalue weighted by Crippen LogP contribution is -2.45.